The highest BCUT2D eigenvalue weighted by Gasteiger charge is 2.17. The van der Waals surface area contributed by atoms with Crippen LogP contribution in [0.5, 0.6) is 0 Å². The van der Waals surface area contributed by atoms with E-state index >= 15 is 0 Å². The zero-order chi connectivity index (χ0) is 19.7. The number of thiophene rings is 1. The Morgan fingerprint density at radius 3 is 2.32 bits per heavy atom. The second-order valence-corrected chi connectivity index (χ2v) is 7.47. The van der Waals surface area contributed by atoms with Gasteiger partial charge in [0, 0.05) is 10.9 Å². The molecule has 0 bridgehead atoms. The average Bonchev–Trinajstić information content (AvgIpc) is 3.28. The summed E-state index contributed by atoms with van der Waals surface area (Å²) >= 11 is 1.33. The van der Waals surface area contributed by atoms with Gasteiger partial charge in [-0.3, -0.25) is 20.4 Å². The zero-order valence-electron chi connectivity index (χ0n) is 15.4. The fraction of sp³-hybridized carbons (Fsp3) is 0.0952. The highest BCUT2D eigenvalue weighted by atomic mass is 32.1. The van der Waals surface area contributed by atoms with Gasteiger partial charge in [0.2, 0.25) is 0 Å². The van der Waals surface area contributed by atoms with Gasteiger partial charge in [-0.15, -0.1) is 11.3 Å². The van der Waals surface area contributed by atoms with Crippen LogP contribution in [0.1, 0.15) is 31.3 Å². The molecule has 2 heterocycles. The fourth-order valence-electron chi connectivity index (χ4n) is 2.86. The van der Waals surface area contributed by atoms with Crippen molar-refractivity contribution in [3.63, 3.8) is 0 Å². The molecular formula is C21H18N4O2S. The Kier molecular flexibility index (Phi) is 4.67. The molecule has 2 aromatic carbocycles. The summed E-state index contributed by atoms with van der Waals surface area (Å²) < 4.78 is 1.83. The average molecular weight is 390 g/mol. The van der Waals surface area contributed by atoms with E-state index in [1.807, 2.05) is 61.0 Å². The smallest absolute Gasteiger partial charge is 0.267 e. The number of aryl methyl sites for hydroxylation is 2. The van der Waals surface area contributed by atoms with Gasteiger partial charge in [-0.05, 0) is 44.2 Å². The third-order valence-electron chi connectivity index (χ3n) is 4.37. The molecule has 7 heteroatoms. The summed E-state index contributed by atoms with van der Waals surface area (Å²) in [6.07, 6.45) is 0. The fourth-order valence-corrected chi connectivity index (χ4v) is 3.93. The number of hydrogen-bond acceptors (Lipinski definition) is 4. The minimum absolute atomic E-state index is 0.360. The number of carbonyl (C=O) groups excluding carboxylic acids is 2. The van der Waals surface area contributed by atoms with Crippen molar-refractivity contribution in [2.45, 2.75) is 13.8 Å². The van der Waals surface area contributed by atoms with Crippen LogP contribution in [0.3, 0.4) is 0 Å². The first-order valence-corrected chi connectivity index (χ1v) is 9.56. The number of rotatable bonds is 3. The van der Waals surface area contributed by atoms with Crippen molar-refractivity contribution in [2.75, 3.05) is 0 Å². The van der Waals surface area contributed by atoms with Gasteiger partial charge in [-0.1, -0.05) is 35.9 Å². The molecule has 4 aromatic rings. The summed E-state index contributed by atoms with van der Waals surface area (Å²) in [5.41, 5.74) is 8.27. The minimum Gasteiger partial charge on any atom is -0.267 e. The van der Waals surface area contributed by atoms with Crippen LogP contribution in [0.25, 0.3) is 15.9 Å². The number of nitrogens with zero attached hydrogens (tertiary/aromatic N) is 2. The predicted octanol–water partition coefficient (Wildman–Crippen LogP) is 3.78. The van der Waals surface area contributed by atoms with E-state index in [9.17, 15) is 9.59 Å². The lowest BCUT2D eigenvalue weighted by atomic mass is 10.1. The Morgan fingerprint density at radius 1 is 0.929 bits per heavy atom. The molecule has 0 saturated carbocycles. The summed E-state index contributed by atoms with van der Waals surface area (Å²) in [4.78, 5) is 26.1. The number of hydrogen-bond donors (Lipinski definition) is 2. The number of hydrazine groups is 1. The van der Waals surface area contributed by atoms with Gasteiger partial charge in [0.05, 0.1) is 16.3 Å². The lowest BCUT2D eigenvalue weighted by molar-refractivity contribution is 0.0849. The van der Waals surface area contributed by atoms with Gasteiger partial charge in [0.1, 0.15) is 4.83 Å². The van der Waals surface area contributed by atoms with Crippen LogP contribution in [0.15, 0.2) is 60.7 Å². The molecule has 6 nitrogen and oxygen atoms in total. The number of para-hydroxylation sites is 1. The van der Waals surface area contributed by atoms with E-state index in [-0.39, 0.29) is 11.8 Å². The molecule has 0 aliphatic rings. The largest absolute Gasteiger partial charge is 0.279 e. The number of aromatic nitrogens is 2. The van der Waals surface area contributed by atoms with Crippen molar-refractivity contribution in [1.82, 2.24) is 20.6 Å². The lowest BCUT2D eigenvalue weighted by Gasteiger charge is -2.06. The predicted molar refractivity (Wildman–Crippen MR) is 110 cm³/mol. The monoisotopic (exact) mass is 390 g/mol. The van der Waals surface area contributed by atoms with Gasteiger partial charge < -0.3 is 0 Å². The molecule has 2 N–H and O–H groups in total. The topological polar surface area (TPSA) is 76.0 Å². The van der Waals surface area contributed by atoms with Crippen molar-refractivity contribution >= 4 is 33.4 Å². The van der Waals surface area contributed by atoms with Gasteiger partial charge in [-0.2, -0.15) is 5.10 Å². The molecule has 0 aliphatic heterocycles. The Labute approximate surface area is 165 Å². The second-order valence-electron chi connectivity index (χ2n) is 6.44. The van der Waals surface area contributed by atoms with Crippen LogP contribution >= 0.6 is 11.3 Å². The molecule has 0 fully saturated rings. The Morgan fingerprint density at radius 2 is 1.61 bits per heavy atom. The van der Waals surface area contributed by atoms with Crippen LogP contribution in [-0.2, 0) is 0 Å². The van der Waals surface area contributed by atoms with Crippen LogP contribution in [0.2, 0.25) is 0 Å². The van der Waals surface area contributed by atoms with Gasteiger partial charge in [-0.25, -0.2) is 4.68 Å². The van der Waals surface area contributed by atoms with Gasteiger partial charge in [0.25, 0.3) is 11.8 Å². The van der Waals surface area contributed by atoms with E-state index in [1.165, 1.54) is 11.3 Å². The van der Waals surface area contributed by atoms with E-state index < -0.39 is 0 Å². The van der Waals surface area contributed by atoms with Gasteiger partial charge in [0.15, 0.2) is 0 Å². The highest BCUT2D eigenvalue weighted by Crippen LogP contribution is 2.30. The van der Waals surface area contributed by atoms with Crippen molar-refractivity contribution in [2.24, 2.45) is 0 Å². The van der Waals surface area contributed by atoms with E-state index in [0.29, 0.717) is 10.4 Å². The maximum Gasteiger partial charge on any atom is 0.279 e. The van der Waals surface area contributed by atoms with Crippen molar-refractivity contribution in [3.8, 4) is 5.69 Å². The van der Waals surface area contributed by atoms with Crippen LogP contribution in [0.4, 0.5) is 0 Å². The van der Waals surface area contributed by atoms with E-state index in [0.717, 1.165) is 27.2 Å². The molecule has 0 aliphatic carbocycles. The van der Waals surface area contributed by atoms with Crippen molar-refractivity contribution in [1.29, 1.82) is 0 Å². The minimum atomic E-state index is -0.360. The maximum atomic E-state index is 12.5. The molecule has 28 heavy (non-hydrogen) atoms. The standard InChI is InChI=1S/C21H18N4O2S/c1-13-8-10-15(11-9-13)19(26)22-23-20(27)18-12-17-14(2)24-25(21(17)28-18)16-6-4-3-5-7-16/h3-12H,1-2H3,(H,22,26)(H,23,27). The molecule has 4 rings (SSSR count). The first kappa shape index (κ1) is 17.9. The van der Waals surface area contributed by atoms with Crippen molar-refractivity contribution in [3.05, 3.63) is 82.4 Å². The van der Waals surface area contributed by atoms with Gasteiger partial charge >= 0.3 is 0 Å². The van der Waals surface area contributed by atoms with E-state index in [4.69, 9.17) is 0 Å². The highest BCUT2D eigenvalue weighted by molar-refractivity contribution is 7.20. The molecule has 0 atom stereocenters. The summed E-state index contributed by atoms with van der Waals surface area (Å²) in [6.45, 7) is 3.86. The third kappa shape index (κ3) is 3.39. The quantitative estimate of drug-likeness (QED) is 0.523. The van der Waals surface area contributed by atoms with E-state index in [1.54, 1.807) is 18.2 Å². The maximum absolute atomic E-state index is 12.5. The lowest BCUT2D eigenvalue weighted by Crippen LogP contribution is -2.41. The molecule has 0 unspecified atom stereocenters. The summed E-state index contributed by atoms with van der Waals surface area (Å²) in [6, 6.07) is 18.7. The first-order chi connectivity index (χ1) is 13.5. The molecule has 0 spiro atoms. The molecular weight excluding hydrogens is 372 g/mol. The zero-order valence-corrected chi connectivity index (χ0v) is 16.2. The molecule has 0 saturated heterocycles. The third-order valence-corrected chi connectivity index (χ3v) is 5.48. The van der Waals surface area contributed by atoms with Crippen molar-refractivity contribution < 1.29 is 9.59 Å². The SMILES string of the molecule is Cc1ccc(C(=O)NNC(=O)c2cc3c(C)nn(-c4ccccc4)c3s2)cc1. The van der Waals surface area contributed by atoms with Crippen LogP contribution < -0.4 is 10.9 Å². The number of benzene rings is 2. The Hall–Kier alpha value is -3.45. The number of fused-ring (bicyclic) bond motifs is 1. The summed E-state index contributed by atoms with van der Waals surface area (Å²) in [7, 11) is 0. The molecule has 2 amide bonds. The van der Waals surface area contributed by atoms with Crippen LogP contribution in [0, 0.1) is 13.8 Å². The number of amides is 2. The Balaban J connectivity index is 1.53. The second kappa shape index (κ2) is 7.28. The number of nitrogens with one attached hydrogen (secondary N) is 2. The molecule has 140 valence electrons. The first-order valence-electron chi connectivity index (χ1n) is 8.75. The molecule has 0 radical (unpaired) electrons. The van der Waals surface area contributed by atoms with E-state index in [2.05, 4.69) is 16.0 Å². The Bertz CT molecular complexity index is 1160. The summed E-state index contributed by atoms with van der Waals surface area (Å²) in [5, 5.41) is 5.49. The normalized spacial score (nSPS) is 10.8. The molecule has 2 aromatic heterocycles. The number of carbonyl (C=O) groups is 2. The summed E-state index contributed by atoms with van der Waals surface area (Å²) in [5.74, 6) is -0.721. The van der Waals surface area contributed by atoms with Crippen LogP contribution in [-0.4, -0.2) is 21.6 Å².